The molecule has 1 N–H and O–H groups in total. The third kappa shape index (κ3) is 3.40. The lowest BCUT2D eigenvalue weighted by Crippen LogP contribution is -2.47. The molecule has 5 heteroatoms. The Morgan fingerprint density at radius 2 is 2.10 bits per heavy atom. The molecule has 0 aliphatic carbocycles. The fourth-order valence-corrected chi connectivity index (χ4v) is 2.83. The summed E-state index contributed by atoms with van der Waals surface area (Å²) in [6, 6.07) is 5.58. The molecule has 1 amide bonds. The summed E-state index contributed by atoms with van der Waals surface area (Å²) in [6.45, 7) is 3.35. The summed E-state index contributed by atoms with van der Waals surface area (Å²) in [5.41, 5.74) is 0.753. The van der Waals surface area contributed by atoms with Crippen LogP contribution in [0.2, 0.25) is 0 Å². The Morgan fingerprint density at radius 3 is 2.75 bits per heavy atom. The molecule has 20 heavy (non-hydrogen) atoms. The van der Waals surface area contributed by atoms with Crippen molar-refractivity contribution < 1.29 is 14.6 Å². The number of benzene rings is 1. The number of rotatable bonds is 3. The molecule has 1 aliphatic heterocycles. The van der Waals surface area contributed by atoms with Crippen molar-refractivity contribution in [3.05, 3.63) is 33.8 Å². The minimum absolute atomic E-state index is 0.0660. The third-order valence-corrected chi connectivity index (χ3v) is 4.66. The highest BCUT2D eigenvalue weighted by Gasteiger charge is 2.32. The summed E-state index contributed by atoms with van der Waals surface area (Å²) in [7, 11) is 1.73. The Kier molecular flexibility index (Phi) is 4.83. The zero-order chi connectivity index (χ0) is 14.8. The summed E-state index contributed by atoms with van der Waals surface area (Å²) >= 11 is 3.44. The van der Waals surface area contributed by atoms with E-state index in [9.17, 15) is 9.90 Å². The van der Waals surface area contributed by atoms with Crippen LogP contribution in [0.25, 0.3) is 0 Å². The molecule has 1 saturated heterocycles. The smallest absolute Gasteiger partial charge is 0.254 e. The second kappa shape index (κ2) is 6.24. The van der Waals surface area contributed by atoms with Gasteiger partial charge in [-0.3, -0.25) is 4.79 Å². The first-order valence-electron chi connectivity index (χ1n) is 6.74. The van der Waals surface area contributed by atoms with Crippen LogP contribution in [0.15, 0.2) is 22.7 Å². The largest absolute Gasteiger partial charge is 0.388 e. The third-order valence-electron chi connectivity index (χ3n) is 3.80. The van der Waals surface area contributed by atoms with E-state index in [1.807, 2.05) is 25.1 Å². The van der Waals surface area contributed by atoms with E-state index >= 15 is 0 Å². The van der Waals surface area contributed by atoms with Gasteiger partial charge in [0.1, 0.15) is 0 Å². The van der Waals surface area contributed by atoms with Crippen molar-refractivity contribution in [2.75, 3.05) is 26.8 Å². The number of amides is 1. The highest BCUT2D eigenvalue weighted by molar-refractivity contribution is 9.10. The Morgan fingerprint density at radius 1 is 1.45 bits per heavy atom. The molecule has 0 spiro atoms. The molecule has 1 fully saturated rings. The Labute approximate surface area is 127 Å². The standard InChI is InChI=1S/C15H20BrNO3/c1-11-12(4-3-5-13(11)16)14(18)17(2)10-15(19)6-8-20-9-7-15/h3-5,19H,6-10H2,1-2H3. The van der Waals surface area contributed by atoms with E-state index in [2.05, 4.69) is 15.9 Å². The molecule has 0 aromatic heterocycles. The van der Waals surface area contributed by atoms with Crippen LogP contribution in [-0.2, 0) is 4.74 Å². The molecule has 0 unspecified atom stereocenters. The quantitative estimate of drug-likeness (QED) is 0.918. The Bertz CT molecular complexity index is 498. The predicted octanol–water partition coefficient (Wildman–Crippen LogP) is 2.37. The van der Waals surface area contributed by atoms with Crippen molar-refractivity contribution in [2.24, 2.45) is 0 Å². The molecule has 0 bridgehead atoms. The van der Waals surface area contributed by atoms with E-state index in [0.29, 0.717) is 38.2 Å². The summed E-state index contributed by atoms with van der Waals surface area (Å²) in [4.78, 5) is 14.1. The van der Waals surface area contributed by atoms with Crippen LogP contribution in [-0.4, -0.2) is 48.3 Å². The van der Waals surface area contributed by atoms with Crippen molar-refractivity contribution in [1.29, 1.82) is 0 Å². The van der Waals surface area contributed by atoms with Crippen LogP contribution in [0.1, 0.15) is 28.8 Å². The van der Waals surface area contributed by atoms with Crippen molar-refractivity contribution in [3.8, 4) is 0 Å². The van der Waals surface area contributed by atoms with Crippen LogP contribution in [0.3, 0.4) is 0 Å². The van der Waals surface area contributed by atoms with Crippen molar-refractivity contribution in [3.63, 3.8) is 0 Å². The molecule has 110 valence electrons. The lowest BCUT2D eigenvalue weighted by Gasteiger charge is -2.35. The van der Waals surface area contributed by atoms with E-state index in [1.54, 1.807) is 11.9 Å². The summed E-state index contributed by atoms with van der Waals surface area (Å²) in [5, 5.41) is 10.5. The van der Waals surface area contributed by atoms with Gasteiger partial charge in [0.2, 0.25) is 0 Å². The van der Waals surface area contributed by atoms with Gasteiger partial charge >= 0.3 is 0 Å². The van der Waals surface area contributed by atoms with E-state index < -0.39 is 5.60 Å². The summed E-state index contributed by atoms with van der Waals surface area (Å²) in [6.07, 6.45) is 1.14. The Hall–Kier alpha value is -0.910. The number of carbonyl (C=O) groups excluding carboxylic acids is 1. The van der Waals surface area contributed by atoms with Gasteiger partial charge < -0.3 is 14.7 Å². The van der Waals surface area contributed by atoms with Crippen molar-refractivity contribution >= 4 is 21.8 Å². The van der Waals surface area contributed by atoms with E-state index in [-0.39, 0.29) is 5.91 Å². The first-order chi connectivity index (χ1) is 9.43. The minimum atomic E-state index is -0.831. The zero-order valence-electron chi connectivity index (χ0n) is 11.9. The molecule has 1 aromatic carbocycles. The van der Waals surface area contributed by atoms with Crippen LogP contribution < -0.4 is 0 Å². The fraction of sp³-hybridized carbons (Fsp3) is 0.533. The van der Waals surface area contributed by atoms with Crippen LogP contribution in [0.4, 0.5) is 0 Å². The predicted molar refractivity (Wildman–Crippen MR) is 80.8 cm³/mol. The maximum atomic E-state index is 12.5. The maximum Gasteiger partial charge on any atom is 0.254 e. The number of aliphatic hydroxyl groups is 1. The number of hydrogen-bond acceptors (Lipinski definition) is 3. The van der Waals surface area contributed by atoms with Gasteiger partial charge in [0.25, 0.3) is 5.91 Å². The molecule has 0 radical (unpaired) electrons. The van der Waals surface area contributed by atoms with Gasteiger partial charge in [-0.15, -0.1) is 0 Å². The molecule has 1 aliphatic rings. The van der Waals surface area contributed by atoms with E-state index in [4.69, 9.17) is 4.74 Å². The zero-order valence-corrected chi connectivity index (χ0v) is 13.4. The van der Waals surface area contributed by atoms with Gasteiger partial charge in [-0.25, -0.2) is 0 Å². The summed E-state index contributed by atoms with van der Waals surface area (Å²) < 4.78 is 6.17. The number of carbonyl (C=O) groups is 1. The lowest BCUT2D eigenvalue weighted by molar-refractivity contribution is -0.0734. The Balaban J connectivity index is 2.10. The minimum Gasteiger partial charge on any atom is -0.388 e. The fourth-order valence-electron chi connectivity index (χ4n) is 2.47. The second-order valence-electron chi connectivity index (χ2n) is 5.41. The van der Waals surface area contributed by atoms with Crippen LogP contribution >= 0.6 is 15.9 Å². The molecular formula is C15H20BrNO3. The molecule has 2 rings (SSSR count). The molecular weight excluding hydrogens is 322 g/mol. The number of likely N-dealkylation sites (N-methyl/N-ethyl adjacent to an activating group) is 1. The molecule has 4 nitrogen and oxygen atoms in total. The van der Waals surface area contributed by atoms with Gasteiger partial charge in [-0.2, -0.15) is 0 Å². The van der Waals surface area contributed by atoms with E-state index in [1.165, 1.54) is 0 Å². The average Bonchev–Trinajstić information content (AvgIpc) is 2.41. The maximum absolute atomic E-state index is 12.5. The number of hydrogen-bond donors (Lipinski definition) is 1. The second-order valence-corrected chi connectivity index (χ2v) is 6.26. The van der Waals surface area contributed by atoms with Crippen molar-refractivity contribution in [2.45, 2.75) is 25.4 Å². The molecule has 0 atom stereocenters. The SMILES string of the molecule is Cc1c(Br)cccc1C(=O)N(C)CC1(O)CCOCC1. The van der Waals surface area contributed by atoms with Gasteiger partial charge in [-0.1, -0.05) is 22.0 Å². The van der Waals surface area contributed by atoms with Gasteiger partial charge in [0.05, 0.1) is 5.60 Å². The average molecular weight is 342 g/mol. The van der Waals surface area contributed by atoms with Crippen LogP contribution in [0.5, 0.6) is 0 Å². The van der Waals surface area contributed by atoms with Gasteiger partial charge in [-0.05, 0) is 24.6 Å². The first kappa shape index (κ1) is 15.5. The number of nitrogens with zero attached hydrogens (tertiary/aromatic N) is 1. The normalized spacial score (nSPS) is 17.8. The monoisotopic (exact) mass is 341 g/mol. The molecule has 0 saturated carbocycles. The van der Waals surface area contributed by atoms with Crippen LogP contribution in [0, 0.1) is 6.92 Å². The first-order valence-corrected chi connectivity index (χ1v) is 7.53. The number of halogens is 1. The highest BCUT2D eigenvalue weighted by Crippen LogP contribution is 2.24. The van der Waals surface area contributed by atoms with Crippen molar-refractivity contribution in [1.82, 2.24) is 4.90 Å². The van der Waals surface area contributed by atoms with E-state index in [0.717, 1.165) is 10.0 Å². The molecule has 1 aromatic rings. The topological polar surface area (TPSA) is 49.8 Å². The van der Waals surface area contributed by atoms with Gasteiger partial charge in [0, 0.05) is 49.7 Å². The van der Waals surface area contributed by atoms with Gasteiger partial charge in [0.15, 0.2) is 0 Å². The lowest BCUT2D eigenvalue weighted by atomic mass is 9.93. The number of ether oxygens (including phenoxy) is 1. The summed E-state index contributed by atoms with van der Waals surface area (Å²) in [5.74, 6) is -0.0660. The highest BCUT2D eigenvalue weighted by atomic mass is 79.9. The molecule has 1 heterocycles.